The molecule has 0 fully saturated rings. The fraction of sp³-hybridized carbons (Fsp3) is 0.516. The van der Waals surface area contributed by atoms with E-state index in [9.17, 15) is 9.59 Å². The number of benzene rings is 2. The van der Waals surface area contributed by atoms with Gasteiger partial charge in [-0.2, -0.15) is 5.10 Å². The molecule has 0 bridgehead atoms. The molecule has 0 radical (unpaired) electrons. The molecule has 0 aliphatic heterocycles. The van der Waals surface area contributed by atoms with Gasteiger partial charge in [0.05, 0.1) is 23.9 Å². The van der Waals surface area contributed by atoms with Crippen LogP contribution in [-0.4, -0.2) is 25.2 Å². The zero-order valence-electron chi connectivity index (χ0n) is 23.0. The number of carbonyl (C=O) groups excluding carboxylic acids is 2. The third-order valence-electron chi connectivity index (χ3n) is 6.39. The van der Waals surface area contributed by atoms with Crippen LogP contribution >= 0.6 is 11.6 Å². The topological polar surface area (TPSA) is 77.0 Å². The van der Waals surface area contributed by atoms with Crippen LogP contribution in [0.3, 0.4) is 0 Å². The minimum atomic E-state index is -0.573. The lowest BCUT2D eigenvalue weighted by molar-refractivity contribution is -0.121. The predicted molar refractivity (Wildman–Crippen MR) is 155 cm³/mol. The van der Waals surface area contributed by atoms with Gasteiger partial charge in [0, 0.05) is 6.42 Å². The molecule has 2 rings (SSSR count). The second kappa shape index (κ2) is 19.2. The van der Waals surface area contributed by atoms with Crippen LogP contribution in [0, 0.1) is 0 Å². The summed E-state index contributed by atoms with van der Waals surface area (Å²) in [6.07, 6.45) is 18.6. The molecule has 2 aromatic rings. The third kappa shape index (κ3) is 12.6. The lowest BCUT2D eigenvalue weighted by Crippen LogP contribution is -2.16. The number of esters is 1. The summed E-state index contributed by atoms with van der Waals surface area (Å²) in [4.78, 5) is 24.5. The summed E-state index contributed by atoms with van der Waals surface area (Å²) in [5.41, 5.74) is 3.54. The molecule has 208 valence electrons. The van der Waals surface area contributed by atoms with Crippen LogP contribution in [0.1, 0.15) is 113 Å². The molecule has 0 atom stereocenters. The normalized spacial score (nSPS) is 11.0. The Morgan fingerprint density at radius 3 is 2.05 bits per heavy atom. The number of nitrogens with one attached hydrogen (secondary N) is 1. The van der Waals surface area contributed by atoms with Gasteiger partial charge in [0.15, 0.2) is 11.5 Å². The van der Waals surface area contributed by atoms with E-state index in [1.807, 2.05) is 0 Å². The summed E-state index contributed by atoms with van der Waals surface area (Å²) < 4.78 is 10.8. The number of hydrogen-bond donors (Lipinski definition) is 1. The largest absolute Gasteiger partial charge is 0.493 e. The van der Waals surface area contributed by atoms with Crippen LogP contribution in [0.15, 0.2) is 47.6 Å². The lowest BCUT2D eigenvalue weighted by atomic mass is 10.0. The minimum Gasteiger partial charge on any atom is -0.493 e. The van der Waals surface area contributed by atoms with Gasteiger partial charge >= 0.3 is 5.97 Å². The van der Waals surface area contributed by atoms with Crippen LogP contribution in [0.25, 0.3) is 0 Å². The highest BCUT2D eigenvalue weighted by Gasteiger charge is 2.15. The Bertz CT molecular complexity index is 1010. The molecular formula is C31H43ClN2O4. The number of ether oxygens (including phenoxy) is 2. The van der Waals surface area contributed by atoms with Crippen molar-refractivity contribution in [2.24, 2.45) is 5.10 Å². The summed E-state index contributed by atoms with van der Waals surface area (Å²) in [6.45, 7) is 2.26. The van der Waals surface area contributed by atoms with Crippen molar-refractivity contribution in [3.05, 3.63) is 58.6 Å². The van der Waals surface area contributed by atoms with Crippen LogP contribution < -0.4 is 14.9 Å². The van der Waals surface area contributed by atoms with E-state index in [-0.39, 0.29) is 17.2 Å². The van der Waals surface area contributed by atoms with Crippen molar-refractivity contribution < 1.29 is 19.1 Å². The Labute approximate surface area is 233 Å². The Morgan fingerprint density at radius 2 is 1.45 bits per heavy atom. The Morgan fingerprint density at radius 1 is 0.842 bits per heavy atom. The number of rotatable bonds is 19. The highest BCUT2D eigenvalue weighted by Crippen LogP contribution is 2.29. The van der Waals surface area contributed by atoms with Crippen molar-refractivity contribution in [1.82, 2.24) is 5.43 Å². The summed E-state index contributed by atoms with van der Waals surface area (Å²) in [7, 11) is 1.49. The van der Waals surface area contributed by atoms with Crippen molar-refractivity contribution in [2.45, 2.75) is 96.8 Å². The highest BCUT2D eigenvalue weighted by atomic mass is 35.5. The van der Waals surface area contributed by atoms with E-state index in [1.54, 1.807) is 42.5 Å². The van der Waals surface area contributed by atoms with Gasteiger partial charge in [-0.15, -0.1) is 0 Å². The van der Waals surface area contributed by atoms with Crippen molar-refractivity contribution in [2.75, 3.05) is 7.11 Å². The molecule has 0 aliphatic carbocycles. The molecule has 0 aromatic heterocycles. The van der Waals surface area contributed by atoms with Crippen molar-refractivity contribution in [3.63, 3.8) is 0 Å². The molecule has 0 aliphatic rings. The molecule has 7 heteroatoms. The maximum absolute atomic E-state index is 12.4. The first-order valence-electron chi connectivity index (χ1n) is 14.0. The number of unbranched alkanes of at least 4 members (excludes halogenated alkanes) is 12. The van der Waals surface area contributed by atoms with E-state index < -0.39 is 5.97 Å². The number of carbonyl (C=O) groups is 2. The van der Waals surface area contributed by atoms with Crippen LogP contribution in [0.2, 0.25) is 5.02 Å². The number of hydrogen-bond acceptors (Lipinski definition) is 5. The zero-order chi connectivity index (χ0) is 27.4. The van der Waals surface area contributed by atoms with Crippen LogP contribution in [0.4, 0.5) is 0 Å². The van der Waals surface area contributed by atoms with E-state index in [1.165, 1.54) is 84.0 Å². The van der Waals surface area contributed by atoms with Gasteiger partial charge in [-0.05, 0) is 42.3 Å². The van der Waals surface area contributed by atoms with E-state index in [2.05, 4.69) is 17.5 Å². The Balaban J connectivity index is 1.61. The molecule has 1 N–H and O–H groups in total. The first-order valence-corrected chi connectivity index (χ1v) is 14.4. The first-order chi connectivity index (χ1) is 18.5. The molecule has 0 spiro atoms. The molecular weight excluding hydrogens is 500 g/mol. The molecule has 0 saturated carbocycles. The number of nitrogens with zero attached hydrogens (tertiary/aromatic N) is 1. The van der Waals surface area contributed by atoms with Crippen LogP contribution in [-0.2, 0) is 4.79 Å². The van der Waals surface area contributed by atoms with Gasteiger partial charge < -0.3 is 9.47 Å². The summed E-state index contributed by atoms with van der Waals surface area (Å²) in [5.74, 6) is -0.0361. The molecule has 2 aromatic carbocycles. The van der Waals surface area contributed by atoms with Gasteiger partial charge in [-0.1, -0.05) is 108 Å². The van der Waals surface area contributed by atoms with Crippen molar-refractivity contribution >= 4 is 29.7 Å². The standard InChI is InChI=1S/C31H43ClN2O4/c1-3-4-5-6-7-8-9-10-11-12-13-14-15-20-30(35)34-33-24-25-21-22-28(29(23-25)37-2)38-31(36)26-18-16-17-19-27(26)32/h16-19,21-24H,3-15,20H2,1-2H3,(H,34,35)/b33-24+. The van der Waals surface area contributed by atoms with E-state index in [4.69, 9.17) is 21.1 Å². The molecule has 6 nitrogen and oxygen atoms in total. The Hall–Kier alpha value is -2.86. The second-order valence-electron chi connectivity index (χ2n) is 9.57. The number of methoxy groups -OCH3 is 1. The lowest BCUT2D eigenvalue weighted by Gasteiger charge is -2.10. The van der Waals surface area contributed by atoms with Crippen molar-refractivity contribution in [1.29, 1.82) is 0 Å². The zero-order valence-corrected chi connectivity index (χ0v) is 23.7. The maximum Gasteiger partial charge on any atom is 0.345 e. The Kier molecular flexibility index (Phi) is 15.9. The number of hydrazone groups is 1. The summed E-state index contributed by atoms with van der Waals surface area (Å²) in [5, 5.41) is 4.36. The smallest absolute Gasteiger partial charge is 0.345 e. The van der Waals surface area contributed by atoms with Crippen molar-refractivity contribution in [3.8, 4) is 11.5 Å². The molecule has 0 saturated heterocycles. The van der Waals surface area contributed by atoms with Gasteiger partial charge in [0.25, 0.3) is 0 Å². The second-order valence-corrected chi connectivity index (χ2v) is 9.97. The molecule has 38 heavy (non-hydrogen) atoms. The summed E-state index contributed by atoms with van der Waals surface area (Å²) in [6, 6.07) is 11.7. The monoisotopic (exact) mass is 542 g/mol. The fourth-order valence-electron chi connectivity index (χ4n) is 4.17. The van der Waals surface area contributed by atoms with Gasteiger partial charge in [0.2, 0.25) is 5.91 Å². The number of amides is 1. The SMILES string of the molecule is CCCCCCCCCCCCCCCC(=O)N/N=C/c1ccc(OC(=O)c2ccccc2Cl)c(OC)c1. The predicted octanol–water partition coefficient (Wildman–Crippen LogP) is 8.50. The quantitative estimate of drug-likeness (QED) is 0.0634. The first kappa shape index (κ1) is 31.4. The van der Waals surface area contributed by atoms with E-state index >= 15 is 0 Å². The maximum atomic E-state index is 12.4. The molecule has 1 amide bonds. The van der Waals surface area contributed by atoms with Crippen LogP contribution in [0.5, 0.6) is 11.5 Å². The van der Waals surface area contributed by atoms with E-state index in [0.29, 0.717) is 22.8 Å². The van der Waals surface area contributed by atoms with E-state index in [0.717, 1.165) is 12.8 Å². The average molecular weight is 543 g/mol. The molecule has 0 unspecified atom stereocenters. The summed E-state index contributed by atoms with van der Waals surface area (Å²) >= 11 is 6.07. The number of halogens is 1. The third-order valence-corrected chi connectivity index (χ3v) is 6.72. The fourth-order valence-corrected chi connectivity index (χ4v) is 4.38. The molecule has 0 heterocycles. The minimum absolute atomic E-state index is 0.0958. The average Bonchev–Trinajstić information content (AvgIpc) is 2.92. The van der Waals surface area contributed by atoms with Gasteiger partial charge in [-0.25, -0.2) is 10.2 Å². The highest BCUT2D eigenvalue weighted by molar-refractivity contribution is 6.33. The van der Waals surface area contributed by atoms with Gasteiger partial charge in [-0.3, -0.25) is 4.79 Å². The van der Waals surface area contributed by atoms with Gasteiger partial charge in [0.1, 0.15) is 0 Å².